The lowest BCUT2D eigenvalue weighted by molar-refractivity contribution is 0.629. The predicted octanol–water partition coefficient (Wildman–Crippen LogP) is 0.948. The van der Waals surface area contributed by atoms with Gasteiger partial charge in [-0.2, -0.15) is 0 Å². The lowest BCUT2D eigenvalue weighted by Gasteiger charge is -2.04. The second-order valence-corrected chi connectivity index (χ2v) is 3.54. The topological polar surface area (TPSA) is 54.9 Å². The van der Waals surface area contributed by atoms with Crippen LogP contribution in [0.3, 0.4) is 0 Å². The number of aromatic nitrogens is 2. The van der Waals surface area contributed by atoms with Crippen LogP contribution in [0.1, 0.15) is 11.1 Å². The Bertz CT molecular complexity index is 485. The van der Waals surface area contributed by atoms with Gasteiger partial charge >= 0.3 is 0 Å². The molecule has 0 spiro atoms. The molecule has 15 heavy (non-hydrogen) atoms. The van der Waals surface area contributed by atoms with E-state index in [2.05, 4.69) is 5.10 Å². The Hall–Kier alpha value is -1.29. The molecule has 0 saturated carbocycles. The number of halogens is 1. The molecule has 0 aliphatic heterocycles. The van der Waals surface area contributed by atoms with Crippen molar-refractivity contribution in [2.75, 3.05) is 5.88 Å². The summed E-state index contributed by atoms with van der Waals surface area (Å²) in [6.07, 6.45) is 3.46. The fourth-order valence-corrected chi connectivity index (χ4v) is 1.29. The molecule has 0 atom stereocenters. The largest absolute Gasteiger partial charge is 0.268 e. The first kappa shape index (κ1) is 11.8. The molecule has 0 aromatic carbocycles. The van der Waals surface area contributed by atoms with Gasteiger partial charge in [0, 0.05) is 17.0 Å². The third kappa shape index (κ3) is 2.59. The van der Waals surface area contributed by atoms with Crippen molar-refractivity contribution in [3.63, 3.8) is 0 Å². The quantitative estimate of drug-likeness (QED) is 0.619. The fraction of sp³-hybridized carbons (Fsp3) is 0.400. The van der Waals surface area contributed by atoms with Crippen molar-refractivity contribution in [1.82, 2.24) is 9.78 Å². The molecule has 0 aliphatic rings. The number of nitrogens with one attached hydrogen (secondary N) is 1. The molecule has 1 rings (SSSR count). The van der Waals surface area contributed by atoms with Crippen molar-refractivity contribution in [1.29, 1.82) is 0 Å². The van der Waals surface area contributed by atoms with Crippen molar-refractivity contribution in [2.45, 2.75) is 20.4 Å². The molecule has 4 nitrogen and oxygen atoms in total. The SMILES string of the molecule is Cc1c(C)c(=O)n(C/C=C/CCl)[nH]c1=O. The molecule has 1 N–H and O–H groups in total. The Morgan fingerprint density at radius 2 is 1.93 bits per heavy atom. The summed E-state index contributed by atoms with van der Waals surface area (Å²) in [5.74, 6) is 0.393. The summed E-state index contributed by atoms with van der Waals surface area (Å²) in [7, 11) is 0. The van der Waals surface area contributed by atoms with Gasteiger partial charge in [0.05, 0.1) is 6.54 Å². The minimum Gasteiger partial charge on any atom is -0.268 e. The number of hydrogen-bond acceptors (Lipinski definition) is 2. The molecular formula is C10H13ClN2O2. The van der Waals surface area contributed by atoms with E-state index in [-0.39, 0.29) is 11.1 Å². The third-order valence-corrected chi connectivity index (χ3v) is 2.43. The lowest BCUT2D eigenvalue weighted by Crippen LogP contribution is -2.32. The number of alkyl halides is 1. The lowest BCUT2D eigenvalue weighted by atomic mass is 10.2. The second-order valence-electron chi connectivity index (χ2n) is 3.23. The van der Waals surface area contributed by atoms with Crippen molar-refractivity contribution < 1.29 is 0 Å². The third-order valence-electron chi connectivity index (χ3n) is 2.25. The Labute approximate surface area is 92.2 Å². The normalized spacial score (nSPS) is 11.1. The maximum absolute atomic E-state index is 11.7. The monoisotopic (exact) mass is 228 g/mol. The van der Waals surface area contributed by atoms with Crippen LogP contribution >= 0.6 is 11.6 Å². The van der Waals surface area contributed by atoms with E-state index in [1.807, 2.05) is 0 Å². The van der Waals surface area contributed by atoms with Crippen molar-refractivity contribution in [3.8, 4) is 0 Å². The van der Waals surface area contributed by atoms with Crippen LogP contribution in [0, 0.1) is 13.8 Å². The summed E-state index contributed by atoms with van der Waals surface area (Å²) in [6, 6.07) is 0. The number of rotatable bonds is 3. The smallest absolute Gasteiger partial charge is 0.268 e. The van der Waals surface area contributed by atoms with Gasteiger partial charge in [-0.15, -0.1) is 11.6 Å². The number of aromatic amines is 1. The molecule has 1 aromatic heterocycles. The standard InChI is InChI=1S/C10H13ClN2O2/c1-7-8(2)10(15)13(12-9(7)14)6-4-3-5-11/h3-4H,5-6H2,1-2H3,(H,12,14)/b4-3+. The maximum Gasteiger partial charge on any atom is 0.268 e. The van der Waals surface area contributed by atoms with E-state index in [4.69, 9.17) is 11.6 Å². The minimum atomic E-state index is -0.230. The van der Waals surface area contributed by atoms with Gasteiger partial charge in [-0.25, -0.2) is 4.68 Å². The Morgan fingerprint density at radius 3 is 2.53 bits per heavy atom. The highest BCUT2D eigenvalue weighted by Gasteiger charge is 2.05. The van der Waals surface area contributed by atoms with Crippen LogP contribution in [-0.2, 0) is 6.54 Å². The molecule has 0 aliphatic carbocycles. The second kappa shape index (κ2) is 4.98. The number of H-pyrrole nitrogens is 1. The van der Waals surface area contributed by atoms with Crippen LogP contribution in [0.15, 0.2) is 21.7 Å². The highest BCUT2D eigenvalue weighted by atomic mass is 35.5. The average Bonchev–Trinajstić information content (AvgIpc) is 2.23. The molecular weight excluding hydrogens is 216 g/mol. The van der Waals surface area contributed by atoms with Gasteiger partial charge in [0.1, 0.15) is 0 Å². The van der Waals surface area contributed by atoms with E-state index in [1.165, 1.54) is 4.68 Å². The first-order valence-electron chi connectivity index (χ1n) is 4.59. The van der Waals surface area contributed by atoms with E-state index in [0.29, 0.717) is 23.6 Å². The Morgan fingerprint density at radius 1 is 1.27 bits per heavy atom. The molecule has 82 valence electrons. The Kier molecular flexibility index (Phi) is 3.91. The zero-order valence-electron chi connectivity index (χ0n) is 8.71. The fourth-order valence-electron chi connectivity index (χ4n) is 1.16. The van der Waals surface area contributed by atoms with Crippen LogP contribution in [0.25, 0.3) is 0 Å². The average molecular weight is 229 g/mol. The van der Waals surface area contributed by atoms with E-state index in [1.54, 1.807) is 26.0 Å². The van der Waals surface area contributed by atoms with Gasteiger partial charge in [-0.05, 0) is 13.8 Å². The van der Waals surface area contributed by atoms with Gasteiger partial charge in [-0.1, -0.05) is 12.2 Å². The summed E-state index contributed by atoms with van der Waals surface area (Å²) < 4.78 is 1.27. The Balaban J connectivity index is 3.16. The first-order valence-corrected chi connectivity index (χ1v) is 5.12. The minimum absolute atomic E-state index is 0.175. The van der Waals surface area contributed by atoms with Crippen LogP contribution in [0.2, 0.25) is 0 Å². The molecule has 0 unspecified atom stereocenters. The van der Waals surface area contributed by atoms with Crippen LogP contribution in [0.5, 0.6) is 0 Å². The molecule has 1 aromatic rings. The molecule has 0 saturated heterocycles. The summed E-state index contributed by atoms with van der Waals surface area (Å²) in [6.45, 7) is 3.62. The van der Waals surface area contributed by atoms with Gasteiger partial charge in [0.2, 0.25) is 0 Å². The van der Waals surface area contributed by atoms with Gasteiger partial charge < -0.3 is 0 Å². The maximum atomic E-state index is 11.7. The van der Waals surface area contributed by atoms with E-state index < -0.39 is 0 Å². The molecule has 0 radical (unpaired) electrons. The molecule has 0 fully saturated rings. The molecule has 0 amide bonds. The van der Waals surface area contributed by atoms with Crippen LogP contribution < -0.4 is 11.1 Å². The molecule has 5 heteroatoms. The number of hydrogen-bond donors (Lipinski definition) is 1. The van der Waals surface area contributed by atoms with Gasteiger partial charge in [0.25, 0.3) is 11.1 Å². The molecule has 1 heterocycles. The van der Waals surface area contributed by atoms with Crippen LogP contribution in [0.4, 0.5) is 0 Å². The highest BCUT2D eigenvalue weighted by molar-refractivity contribution is 6.18. The van der Waals surface area contributed by atoms with Gasteiger partial charge in [-0.3, -0.25) is 14.7 Å². The summed E-state index contributed by atoms with van der Waals surface area (Å²) in [5, 5.41) is 2.50. The first-order chi connectivity index (χ1) is 7.07. The van der Waals surface area contributed by atoms with E-state index in [0.717, 1.165) is 0 Å². The van der Waals surface area contributed by atoms with Crippen molar-refractivity contribution in [2.24, 2.45) is 0 Å². The zero-order valence-corrected chi connectivity index (χ0v) is 9.47. The number of allylic oxidation sites excluding steroid dienone is 2. The van der Waals surface area contributed by atoms with Crippen molar-refractivity contribution >= 4 is 11.6 Å². The van der Waals surface area contributed by atoms with Crippen LogP contribution in [-0.4, -0.2) is 15.7 Å². The van der Waals surface area contributed by atoms with E-state index >= 15 is 0 Å². The highest BCUT2D eigenvalue weighted by Crippen LogP contribution is 1.91. The van der Waals surface area contributed by atoms with Crippen molar-refractivity contribution in [3.05, 3.63) is 44.0 Å². The van der Waals surface area contributed by atoms with E-state index in [9.17, 15) is 9.59 Å². The summed E-state index contributed by atoms with van der Waals surface area (Å²) in [4.78, 5) is 23.0. The molecule has 0 bridgehead atoms. The van der Waals surface area contributed by atoms with Gasteiger partial charge in [0.15, 0.2) is 0 Å². The summed E-state index contributed by atoms with van der Waals surface area (Å²) in [5.41, 5.74) is 0.549. The summed E-state index contributed by atoms with van der Waals surface area (Å²) >= 11 is 5.45. The number of nitrogens with zero attached hydrogens (tertiary/aromatic N) is 1. The predicted molar refractivity (Wildman–Crippen MR) is 60.7 cm³/mol. The zero-order chi connectivity index (χ0) is 11.4.